The van der Waals surface area contributed by atoms with Gasteiger partial charge in [-0.25, -0.2) is 14.4 Å². The number of halogens is 2. The van der Waals surface area contributed by atoms with Crippen molar-refractivity contribution in [3.63, 3.8) is 0 Å². The van der Waals surface area contributed by atoms with Crippen LogP contribution in [0.15, 0.2) is 36.7 Å². The fourth-order valence-corrected chi connectivity index (χ4v) is 4.51. The van der Waals surface area contributed by atoms with Gasteiger partial charge in [0, 0.05) is 29.6 Å². The Morgan fingerprint density at radius 3 is 2.56 bits per heavy atom. The molecule has 1 aromatic carbocycles. The standard InChI is InChI=1S/C28H33ClFN7O4/c1-28(2,3)41-27(40)17-6-9-37(10-7-17)11-8-26(39)34-25-14-24(31-16-32-25)33-22-13-21(35-36-23(22)15-38)19-12-18(29)4-5-20(19)30/h4-5,12-14,16-17,38H,6-11,15H2,1-3H3,(H2,31,32,33,34,35,39). The summed E-state index contributed by atoms with van der Waals surface area (Å²) in [5.74, 6) is -0.419. The molecule has 218 valence electrons. The number of aliphatic hydroxyl groups is 1. The quantitative estimate of drug-likeness (QED) is 0.310. The fraction of sp³-hybridized carbons (Fsp3) is 0.429. The second kappa shape index (κ2) is 13.3. The molecule has 11 nitrogen and oxygen atoms in total. The first kappa shape index (κ1) is 30.2. The molecule has 0 unspecified atom stereocenters. The molecule has 3 N–H and O–H groups in total. The number of rotatable bonds is 9. The van der Waals surface area contributed by atoms with Gasteiger partial charge in [0.15, 0.2) is 0 Å². The largest absolute Gasteiger partial charge is 0.460 e. The molecular formula is C28H33ClFN7O4. The van der Waals surface area contributed by atoms with Crippen LogP contribution in [0.2, 0.25) is 5.02 Å². The normalized spacial score (nSPS) is 14.5. The summed E-state index contributed by atoms with van der Waals surface area (Å²) < 4.78 is 19.9. The van der Waals surface area contributed by atoms with Crippen molar-refractivity contribution in [2.24, 2.45) is 5.92 Å². The van der Waals surface area contributed by atoms with Gasteiger partial charge >= 0.3 is 5.97 Å². The van der Waals surface area contributed by atoms with E-state index in [0.29, 0.717) is 49.0 Å². The Bertz CT molecular complexity index is 1390. The lowest BCUT2D eigenvalue weighted by atomic mass is 9.96. The van der Waals surface area contributed by atoms with E-state index in [1.807, 2.05) is 20.8 Å². The second-order valence-electron chi connectivity index (χ2n) is 10.7. The highest BCUT2D eigenvalue weighted by Crippen LogP contribution is 2.28. The van der Waals surface area contributed by atoms with Gasteiger partial charge < -0.3 is 25.4 Å². The number of aromatic nitrogens is 4. The molecule has 13 heteroatoms. The maximum Gasteiger partial charge on any atom is 0.309 e. The Balaban J connectivity index is 1.33. The predicted molar refractivity (Wildman–Crippen MR) is 152 cm³/mol. The lowest BCUT2D eigenvalue weighted by Gasteiger charge is -2.32. The predicted octanol–water partition coefficient (Wildman–Crippen LogP) is 4.34. The number of benzene rings is 1. The smallest absolute Gasteiger partial charge is 0.309 e. The summed E-state index contributed by atoms with van der Waals surface area (Å²) in [5.41, 5.74) is 0.432. The second-order valence-corrected chi connectivity index (χ2v) is 11.2. The SMILES string of the molecule is CC(C)(C)OC(=O)C1CCN(CCC(=O)Nc2cc(Nc3cc(-c4cc(Cl)ccc4F)nnc3CO)ncn2)CC1. The molecule has 0 saturated carbocycles. The summed E-state index contributed by atoms with van der Waals surface area (Å²) in [5, 5.41) is 23.9. The van der Waals surface area contributed by atoms with Gasteiger partial charge in [-0.05, 0) is 71.0 Å². The van der Waals surface area contributed by atoms with Crippen molar-refractivity contribution in [2.45, 2.75) is 52.2 Å². The van der Waals surface area contributed by atoms with E-state index in [1.165, 1.54) is 36.7 Å². The monoisotopic (exact) mass is 585 g/mol. The molecule has 0 bridgehead atoms. The molecule has 0 aliphatic carbocycles. The average molecular weight is 586 g/mol. The number of hydrogen-bond acceptors (Lipinski definition) is 10. The van der Waals surface area contributed by atoms with Gasteiger partial charge in [-0.15, -0.1) is 5.10 Å². The number of carbonyl (C=O) groups excluding carboxylic acids is 2. The highest BCUT2D eigenvalue weighted by Gasteiger charge is 2.29. The zero-order valence-corrected chi connectivity index (χ0v) is 23.9. The lowest BCUT2D eigenvalue weighted by Crippen LogP contribution is -2.39. The third-order valence-corrected chi connectivity index (χ3v) is 6.64. The van der Waals surface area contributed by atoms with E-state index in [1.54, 1.807) is 0 Å². The highest BCUT2D eigenvalue weighted by molar-refractivity contribution is 6.30. The number of nitrogens with zero attached hydrogens (tertiary/aromatic N) is 5. The molecular weight excluding hydrogens is 553 g/mol. The lowest BCUT2D eigenvalue weighted by molar-refractivity contribution is -0.161. The number of piperidine rings is 1. The average Bonchev–Trinajstić information content (AvgIpc) is 2.93. The number of carbonyl (C=O) groups is 2. The van der Waals surface area contributed by atoms with Crippen LogP contribution in [0.1, 0.15) is 45.7 Å². The molecule has 4 rings (SSSR count). The van der Waals surface area contributed by atoms with Gasteiger partial charge in [-0.3, -0.25) is 9.59 Å². The number of likely N-dealkylation sites (tertiary alicyclic amines) is 1. The van der Waals surface area contributed by atoms with E-state index >= 15 is 0 Å². The first-order valence-corrected chi connectivity index (χ1v) is 13.7. The number of nitrogens with one attached hydrogen (secondary N) is 2. The van der Waals surface area contributed by atoms with Crippen molar-refractivity contribution in [1.29, 1.82) is 0 Å². The first-order chi connectivity index (χ1) is 19.5. The Kier molecular flexibility index (Phi) is 9.79. The zero-order valence-electron chi connectivity index (χ0n) is 23.2. The van der Waals surface area contributed by atoms with E-state index in [0.717, 1.165) is 0 Å². The maximum absolute atomic E-state index is 14.4. The van der Waals surface area contributed by atoms with Gasteiger partial charge in [0.05, 0.1) is 23.9 Å². The maximum atomic E-state index is 14.4. The molecule has 1 aliphatic rings. The van der Waals surface area contributed by atoms with Gasteiger partial charge in [0.2, 0.25) is 5.91 Å². The highest BCUT2D eigenvalue weighted by atomic mass is 35.5. The van der Waals surface area contributed by atoms with Crippen molar-refractivity contribution in [1.82, 2.24) is 25.1 Å². The van der Waals surface area contributed by atoms with Gasteiger partial charge in [0.25, 0.3) is 0 Å². The van der Waals surface area contributed by atoms with Crippen LogP contribution in [0.4, 0.5) is 21.7 Å². The molecule has 2 aromatic heterocycles. The van der Waals surface area contributed by atoms with Crippen molar-refractivity contribution < 1.29 is 23.8 Å². The summed E-state index contributed by atoms with van der Waals surface area (Å²) in [6, 6.07) is 7.16. The van der Waals surface area contributed by atoms with Gasteiger partial charge in [-0.1, -0.05) is 11.6 Å². The molecule has 0 spiro atoms. The number of amides is 1. The molecule has 3 aromatic rings. The molecule has 1 fully saturated rings. The number of aliphatic hydroxyl groups excluding tert-OH is 1. The first-order valence-electron chi connectivity index (χ1n) is 13.3. The number of anilines is 3. The molecule has 0 radical (unpaired) electrons. The summed E-state index contributed by atoms with van der Waals surface area (Å²) in [4.78, 5) is 35.4. The summed E-state index contributed by atoms with van der Waals surface area (Å²) in [6.45, 7) is 7.14. The summed E-state index contributed by atoms with van der Waals surface area (Å²) in [6.07, 6.45) is 2.93. The van der Waals surface area contributed by atoms with E-state index < -0.39 is 18.0 Å². The van der Waals surface area contributed by atoms with Crippen molar-refractivity contribution in [3.8, 4) is 11.3 Å². The number of esters is 1. The van der Waals surface area contributed by atoms with Crippen molar-refractivity contribution in [3.05, 3.63) is 53.2 Å². The van der Waals surface area contributed by atoms with Crippen molar-refractivity contribution in [2.75, 3.05) is 30.3 Å². The van der Waals surface area contributed by atoms with Crippen LogP contribution in [0.25, 0.3) is 11.3 Å². The summed E-state index contributed by atoms with van der Waals surface area (Å²) in [7, 11) is 0. The van der Waals surface area contributed by atoms with Crippen LogP contribution in [-0.4, -0.2) is 67.3 Å². The molecule has 3 heterocycles. The third-order valence-electron chi connectivity index (χ3n) is 6.40. The van der Waals surface area contributed by atoms with E-state index in [-0.39, 0.29) is 47.0 Å². The topological polar surface area (TPSA) is 142 Å². The van der Waals surface area contributed by atoms with Crippen LogP contribution >= 0.6 is 11.6 Å². The molecule has 1 amide bonds. The Morgan fingerprint density at radius 1 is 1.12 bits per heavy atom. The molecule has 1 aliphatic heterocycles. The Labute approximate surface area is 242 Å². The minimum atomic E-state index is -0.522. The van der Waals surface area contributed by atoms with Gasteiger partial charge in [0.1, 0.15) is 35.1 Å². The minimum Gasteiger partial charge on any atom is -0.460 e. The van der Waals surface area contributed by atoms with Crippen LogP contribution < -0.4 is 10.6 Å². The number of ether oxygens (including phenoxy) is 1. The van der Waals surface area contributed by atoms with Crippen molar-refractivity contribution >= 4 is 40.8 Å². The minimum absolute atomic E-state index is 0.117. The van der Waals surface area contributed by atoms with Gasteiger partial charge in [-0.2, -0.15) is 5.10 Å². The van der Waals surface area contributed by atoms with Crippen LogP contribution in [0.3, 0.4) is 0 Å². The summed E-state index contributed by atoms with van der Waals surface area (Å²) >= 11 is 6.01. The zero-order chi connectivity index (χ0) is 29.6. The number of hydrogen-bond donors (Lipinski definition) is 3. The van der Waals surface area contributed by atoms with E-state index in [2.05, 4.69) is 35.7 Å². The Hall–Kier alpha value is -3.74. The Morgan fingerprint density at radius 2 is 1.85 bits per heavy atom. The molecule has 0 atom stereocenters. The third kappa shape index (κ3) is 8.62. The van der Waals surface area contributed by atoms with Crippen LogP contribution in [-0.2, 0) is 20.9 Å². The fourth-order valence-electron chi connectivity index (χ4n) is 4.34. The van der Waals surface area contributed by atoms with Crippen LogP contribution in [0, 0.1) is 11.7 Å². The van der Waals surface area contributed by atoms with Crippen LogP contribution in [0.5, 0.6) is 0 Å². The van der Waals surface area contributed by atoms with E-state index in [9.17, 15) is 19.1 Å². The van der Waals surface area contributed by atoms with E-state index in [4.69, 9.17) is 16.3 Å². The molecule has 41 heavy (non-hydrogen) atoms. The molecule has 1 saturated heterocycles.